The van der Waals surface area contributed by atoms with Crippen LogP contribution in [0.5, 0.6) is 0 Å². The fraction of sp³-hybridized carbons (Fsp3) is 0.561. The summed E-state index contributed by atoms with van der Waals surface area (Å²) in [6.07, 6.45) is 3.38. The average molecular weight is 854 g/mol. The average Bonchev–Trinajstić information content (AvgIpc) is 3.00. The number of hydrogen-bond donors (Lipinski definition) is 0. The summed E-state index contributed by atoms with van der Waals surface area (Å²) in [5.74, 6) is 5.04. The molecule has 3 aromatic rings. The normalized spacial score (nSPS) is 14.8. The van der Waals surface area contributed by atoms with Gasteiger partial charge in [-0.1, -0.05) is 142 Å². The van der Waals surface area contributed by atoms with E-state index in [1.165, 1.54) is 16.7 Å². The van der Waals surface area contributed by atoms with Crippen LogP contribution in [0.2, 0.25) is 19.6 Å². The van der Waals surface area contributed by atoms with E-state index < -0.39 is 20.1 Å². The third-order valence-corrected chi connectivity index (χ3v) is 18.3. The molecule has 3 aromatic carbocycles. The van der Waals surface area contributed by atoms with Gasteiger partial charge in [0.05, 0.1) is 0 Å². The lowest BCUT2D eigenvalue weighted by Crippen LogP contribution is -2.32. The van der Waals surface area contributed by atoms with E-state index >= 15 is 0 Å². The first-order chi connectivity index (χ1) is 22.8. The van der Waals surface area contributed by atoms with E-state index in [1.54, 1.807) is 0 Å². The SMILES string of the molecule is CC(C)C(C)C(C)Cc1ccc([Si](C)(Cl)Cl)cc1.CC(C)C(C)Cc1ccc([Si](C)(Cl)Cl)cc1.CC(C)C(C)Cc1ccc([Si](C)(Cl)Cl)cc1. The van der Waals surface area contributed by atoms with E-state index in [-0.39, 0.29) is 0 Å². The van der Waals surface area contributed by atoms with Gasteiger partial charge in [-0.05, 0) is 113 Å². The quantitative estimate of drug-likeness (QED) is 0.119. The minimum Gasteiger partial charge on any atom is -0.140 e. The lowest BCUT2D eigenvalue weighted by Gasteiger charge is -2.23. The van der Waals surface area contributed by atoms with Gasteiger partial charge >= 0.3 is 0 Å². The van der Waals surface area contributed by atoms with Crippen LogP contribution in [0.3, 0.4) is 0 Å². The molecule has 0 aliphatic rings. The molecule has 0 aliphatic carbocycles. The van der Waals surface area contributed by atoms with E-state index in [0.717, 1.165) is 58.5 Å². The molecule has 0 bridgehead atoms. The molecule has 9 heteroatoms. The van der Waals surface area contributed by atoms with E-state index in [4.69, 9.17) is 66.5 Å². The number of benzene rings is 3. The minimum absolute atomic E-state index is 0.700. The molecule has 0 saturated heterocycles. The highest BCUT2D eigenvalue weighted by Gasteiger charge is 2.25. The molecule has 0 nitrogen and oxygen atoms in total. The molecule has 0 saturated carbocycles. The summed E-state index contributed by atoms with van der Waals surface area (Å²) in [6, 6.07) is 25.5. The van der Waals surface area contributed by atoms with Gasteiger partial charge in [-0.2, -0.15) is 0 Å². The fourth-order valence-electron chi connectivity index (χ4n) is 5.23. The van der Waals surface area contributed by atoms with Crippen molar-refractivity contribution in [1.82, 2.24) is 0 Å². The van der Waals surface area contributed by atoms with Crippen LogP contribution in [-0.4, -0.2) is 20.1 Å². The summed E-state index contributed by atoms with van der Waals surface area (Å²) in [6.45, 7) is 22.2. The van der Waals surface area contributed by atoms with E-state index in [1.807, 2.05) is 19.6 Å². The van der Waals surface area contributed by atoms with Gasteiger partial charge in [0.2, 0.25) is 0 Å². The van der Waals surface area contributed by atoms with Gasteiger partial charge in [0.25, 0.3) is 20.1 Å². The largest absolute Gasteiger partial charge is 0.277 e. The van der Waals surface area contributed by atoms with Gasteiger partial charge in [0, 0.05) is 0 Å². The van der Waals surface area contributed by atoms with Crippen LogP contribution < -0.4 is 15.6 Å². The summed E-state index contributed by atoms with van der Waals surface area (Å²) < 4.78 is 0. The Labute approximate surface area is 338 Å². The van der Waals surface area contributed by atoms with Gasteiger partial charge < -0.3 is 0 Å². The predicted molar refractivity (Wildman–Crippen MR) is 240 cm³/mol. The van der Waals surface area contributed by atoms with Crippen LogP contribution in [0, 0.1) is 41.4 Å². The molecule has 0 aromatic heterocycles. The third kappa shape index (κ3) is 18.4. The van der Waals surface area contributed by atoms with Crippen molar-refractivity contribution >= 4 is 102 Å². The highest BCUT2D eigenvalue weighted by molar-refractivity contribution is 7.51. The predicted octanol–water partition coefficient (Wildman–Crippen LogP) is 13.5. The smallest absolute Gasteiger partial charge is 0.140 e. The van der Waals surface area contributed by atoms with Crippen molar-refractivity contribution in [3.63, 3.8) is 0 Å². The lowest BCUT2D eigenvalue weighted by atomic mass is 9.82. The molecule has 0 N–H and O–H groups in total. The summed E-state index contributed by atoms with van der Waals surface area (Å²) in [5.41, 5.74) is 4.12. The molecule has 0 aliphatic heterocycles. The Morgan fingerprint density at radius 2 is 0.580 bits per heavy atom. The van der Waals surface area contributed by atoms with Crippen molar-refractivity contribution in [2.75, 3.05) is 0 Å². The fourth-order valence-corrected chi connectivity index (χ4v) is 9.75. The van der Waals surface area contributed by atoms with Crippen LogP contribution in [-0.2, 0) is 19.3 Å². The maximum absolute atomic E-state index is 6.21. The maximum atomic E-state index is 6.21. The zero-order chi connectivity index (χ0) is 38.6. The number of rotatable bonds is 13. The van der Waals surface area contributed by atoms with Crippen molar-refractivity contribution in [2.45, 2.75) is 108 Å². The van der Waals surface area contributed by atoms with Gasteiger partial charge in [-0.3, -0.25) is 0 Å². The highest BCUT2D eigenvalue weighted by Crippen LogP contribution is 2.24. The van der Waals surface area contributed by atoms with Crippen molar-refractivity contribution in [1.29, 1.82) is 0 Å². The Hall–Kier alpha value is 0.0506. The van der Waals surface area contributed by atoms with Crippen molar-refractivity contribution in [3.8, 4) is 0 Å². The van der Waals surface area contributed by atoms with Crippen molar-refractivity contribution in [2.24, 2.45) is 41.4 Å². The molecule has 0 radical (unpaired) electrons. The van der Waals surface area contributed by atoms with Gasteiger partial charge in [-0.15, -0.1) is 66.5 Å². The van der Waals surface area contributed by atoms with Crippen molar-refractivity contribution in [3.05, 3.63) is 89.5 Å². The molecule has 0 spiro atoms. The highest BCUT2D eigenvalue weighted by atomic mass is 35.7. The second-order valence-corrected chi connectivity index (χ2v) is 38.3. The Balaban J connectivity index is 0.000000376. The monoisotopic (exact) mass is 850 g/mol. The minimum atomic E-state index is -2.19. The lowest BCUT2D eigenvalue weighted by molar-refractivity contribution is 0.295. The second kappa shape index (κ2) is 21.8. The third-order valence-electron chi connectivity index (χ3n) is 10.3. The van der Waals surface area contributed by atoms with Gasteiger partial charge in [0.15, 0.2) is 0 Å². The van der Waals surface area contributed by atoms with Crippen molar-refractivity contribution < 1.29 is 0 Å². The topological polar surface area (TPSA) is 0 Å². The first kappa shape index (κ1) is 48.1. The molecule has 3 rings (SSSR count). The zero-order valence-electron chi connectivity index (χ0n) is 32.9. The van der Waals surface area contributed by atoms with Crippen LogP contribution in [0.4, 0.5) is 0 Å². The molecule has 0 amide bonds. The Kier molecular flexibility index (Phi) is 21.0. The summed E-state index contributed by atoms with van der Waals surface area (Å²) in [4.78, 5) is 0. The first-order valence-electron chi connectivity index (χ1n) is 18.2. The Bertz CT molecular complexity index is 1280. The van der Waals surface area contributed by atoms with Crippen LogP contribution in [0.1, 0.15) is 85.9 Å². The maximum Gasteiger partial charge on any atom is 0.277 e. The van der Waals surface area contributed by atoms with Gasteiger partial charge in [-0.25, -0.2) is 0 Å². The number of halogens is 6. The molecule has 282 valence electrons. The first-order valence-corrected chi connectivity index (χ1v) is 31.8. The molecule has 4 unspecified atom stereocenters. The number of hydrogen-bond acceptors (Lipinski definition) is 0. The van der Waals surface area contributed by atoms with Crippen LogP contribution >= 0.6 is 66.5 Å². The van der Waals surface area contributed by atoms with Crippen LogP contribution in [0.15, 0.2) is 72.8 Å². The van der Waals surface area contributed by atoms with E-state index in [0.29, 0.717) is 17.8 Å². The van der Waals surface area contributed by atoms with Crippen LogP contribution in [0.25, 0.3) is 0 Å². The standard InChI is InChI=1S/C15H24Cl2Si.2C13H20Cl2Si/c1-11(2)13(4)12(3)10-14-6-8-15(9-7-14)18(5,16)17;2*1-10(2)11(3)9-12-5-7-13(8-6-12)16(4,14)15/h6-9,11-13H,10H2,1-5H3;2*5-8,10-11H,9H2,1-4H3. The van der Waals surface area contributed by atoms with E-state index in [2.05, 4.69) is 142 Å². The van der Waals surface area contributed by atoms with Gasteiger partial charge in [0.1, 0.15) is 0 Å². The summed E-state index contributed by atoms with van der Waals surface area (Å²) in [7, 11) is 0. The molecule has 4 atom stereocenters. The van der Waals surface area contributed by atoms with E-state index in [9.17, 15) is 0 Å². The second-order valence-electron chi connectivity index (χ2n) is 15.9. The summed E-state index contributed by atoms with van der Waals surface area (Å²) in [5, 5.41) is 3.28. The summed E-state index contributed by atoms with van der Waals surface area (Å²) >= 11 is 37.1. The Morgan fingerprint density at radius 3 is 0.760 bits per heavy atom. The molecule has 50 heavy (non-hydrogen) atoms. The Morgan fingerprint density at radius 1 is 0.360 bits per heavy atom. The molecule has 0 heterocycles. The zero-order valence-corrected chi connectivity index (χ0v) is 40.4. The molecular formula is C41H64Cl6Si3. The molecule has 0 fully saturated rings. The molecular weight excluding hydrogens is 789 g/mol.